The van der Waals surface area contributed by atoms with Gasteiger partial charge in [0, 0.05) is 43.1 Å². The van der Waals surface area contributed by atoms with Gasteiger partial charge in [0.2, 0.25) is 0 Å². The van der Waals surface area contributed by atoms with Gasteiger partial charge in [0.1, 0.15) is 0 Å². The van der Waals surface area contributed by atoms with Crippen molar-refractivity contribution in [1.82, 2.24) is 4.90 Å². The average Bonchev–Trinajstić information content (AvgIpc) is 2.77. The number of aryl methyl sites for hydroxylation is 2. The summed E-state index contributed by atoms with van der Waals surface area (Å²) in [6, 6.07) is 20.4. The molecule has 1 saturated heterocycles. The van der Waals surface area contributed by atoms with E-state index in [1.807, 2.05) is 18.2 Å². The second-order valence-electron chi connectivity index (χ2n) is 8.73. The Morgan fingerprint density at radius 2 is 1.56 bits per heavy atom. The van der Waals surface area contributed by atoms with Gasteiger partial charge >= 0.3 is 0 Å². The number of para-hydroxylation sites is 1. The van der Waals surface area contributed by atoms with Crippen molar-refractivity contribution in [3.8, 4) is 11.1 Å². The molecule has 1 aliphatic heterocycles. The lowest BCUT2D eigenvalue weighted by Gasteiger charge is -2.35. The topological polar surface area (TPSA) is 49.6 Å². The number of likely N-dealkylation sites (N-methyl/N-ethyl adjacent to an activating group) is 1. The molecule has 0 radical (unpaired) electrons. The van der Waals surface area contributed by atoms with Crippen LogP contribution in [0.25, 0.3) is 17.2 Å². The molecule has 3 aromatic carbocycles. The number of carbonyl (C=O) groups excluding carboxylic acids is 1. The van der Waals surface area contributed by atoms with Gasteiger partial charge in [-0.05, 0) is 74.0 Å². The number of ketones is 1. The summed E-state index contributed by atoms with van der Waals surface area (Å²) in [6.45, 7) is 8.25. The van der Waals surface area contributed by atoms with Crippen LogP contribution in [0.2, 0.25) is 0 Å². The van der Waals surface area contributed by atoms with E-state index in [4.69, 9.17) is 5.73 Å². The molecule has 0 aromatic heterocycles. The fraction of sp³-hybridized carbons (Fsp3) is 0.250. The van der Waals surface area contributed by atoms with Crippen LogP contribution < -0.4 is 10.6 Å². The fourth-order valence-electron chi connectivity index (χ4n) is 4.32. The van der Waals surface area contributed by atoms with E-state index in [0.717, 1.165) is 43.0 Å². The molecule has 0 unspecified atom stereocenters. The number of piperazine rings is 1. The third-order valence-corrected chi connectivity index (χ3v) is 6.07. The molecule has 0 aliphatic carbocycles. The molecule has 32 heavy (non-hydrogen) atoms. The van der Waals surface area contributed by atoms with Crippen LogP contribution in [0, 0.1) is 13.8 Å². The van der Waals surface area contributed by atoms with E-state index in [2.05, 4.69) is 67.1 Å². The van der Waals surface area contributed by atoms with Crippen molar-refractivity contribution in [2.45, 2.75) is 13.8 Å². The Balaban J connectivity index is 1.72. The molecule has 0 amide bonds. The third kappa shape index (κ3) is 4.92. The number of nitrogens with zero attached hydrogens (tertiary/aromatic N) is 2. The normalized spacial score (nSPS) is 14.8. The number of hydrogen-bond donors (Lipinski definition) is 1. The fourth-order valence-corrected chi connectivity index (χ4v) is 4.32. The van der Waals surface area contributed by atoms with E-state index >= 15 is 0 Å². The van der Waals surface area contributed by atoms with Gasteiger partial charge in [-0.1, -0.05) is 47.5 Å². The number of benzene rings is 3. The highest BCUT2D eigenvalue weighted by Crippen LogP contribution is 2.30. The first-order valence-electron chi connectivity index (χ1n) is 11.1. The quantitative estimate of drug-likeness (QED) is 0.347. The molecule has 1 fully saturated rings. The second-order valence-corrected chi connectivity index (χ2v) is 8.73. The molecule has 3 aromatic rings. The zero-order valence-electron chi connectivity index (χ0n) is 19.1. The SMILES string of the molecule is Cc1cc(C)cc(-c2ccc(N3CCN(C)CC3)c(C=CC(=O)c3ccccc3N)c2)c1. The van der Waals surface area contributed by atoms with Crippen molar-refractivity contribution in [1.29, 1.82) is 0 Å². The minimum Gasteiger partial charge on any atom is -0.398 e. The predicted octanol–water partition coefficient (Wildman–Crippen LogP) is 5.20. The molecule has 4 heteroatoms. The van der Waals surface area contributed by atoms with Gasteiger partial charge in [0.25, 0.3) is 0 Å². The van der Waals surface area contributed by atoms with E-state index in [1.165, 1.54) is 16.7 Å². The summed E-state index contributed by atoms with van der Waals surface area (Å²) in [5, 5.41) is 0. The number of nitrogen functional groups attached to an aromatic ring is 1. The summed E-state index contributed by atoms with van der Waals surface area (Å²) in [5.41, 5.74) is 14.1. The van der Waals surface area contributed by atoms with Gasteiger partial charge in [-0.2, -0.15) is 0 Å². The first-order chi connectivity index (χ1) is 15.4. The van der Waals surface area contributed by atoms with Gasteiger partial charge < -0.3 is 15.5 Å². The second kappa shape index (κ2) is 9.41. The molecule has 4 nitrogen and oxygen atoms in total. The maximum absolute atomic E-state index is 12.8. The first-order valence-corrected chi connectivity index (χ1v) is 11.1. The summed E-state index contributed by atoms with van der Waals surface area (Å²) >= 11 is 0. The average molecular weight is 426 g/mol. The van der Waals surface area contributed by atoms with Crippen LogP contribution in [-0.2, 0) is 0 Å². The van der Waals surface area contributed by atoms with Gasteiger partial charge in [-0.15, -0.1) is 0 Å². The van der Waals surface area contributed by atoms with E-state index < -0.39 is 0 Å². The van der Waals surface area contributed by atoms with Crippen LogP contribution in [0.4, 0.5) is 11.4 Å². The van der Waals surface area contributed by atoms with Gasteiger partial charge in [-0.3, -0.25) is 4.79 Å². The number of hydrogen-bond acceptors (Lipinski definition) is 4. The van der Waals surface area contributed by atoms with Crippen molar-refractivity contribution in [2.24, 2.45) is 0 Å². The lowest BCUT2D eigenvalue weighted by atomic mass is 9.97. The van der Waals surface area contributed by atoms with Gasteiger partial charge in [-0.25, -0.2) is 0 Å². The van der Waals surface area contributed by atoms with E-state index in [1.54, 1.807) is 18.2 Å². The van der Waals surface area contributed by atoms with Crippen molar-refractivity contribution in [2.75, 3.05) is 43.9 Å². The molecule has 0 saturated carbocycles. The lowest BCUT2D eigenvalue weighted by molar-refractivity contribution is 0.104. The van der Waals surface area contributed by atoms with Crippen LogP contribution in [0.15, 0.2) is 66.7 Å². The van der Waals surface area contributed by atoms with Crippen LogP contribution in [-0.4, -0.2) is 43.9 Å². The Hall–Kier alpha value is -3.37. The number of rotatable bonds is 5. The van der Waals surface area contributed by atoms with E-state index in [9.17, 15) is 4.79 Å². The third-order valence-electron chi connectivity index (χ3n) is 6.07. The Kier molecular flexibility index (Phi) is 6.42. The number of anilines is 2. The summed E-state index contributed by atoms with van der Waals surface area (Å²) in [4.78, 5) is 17.6. The molecule has 4 rings (SSSR count). The summed E-state index contributed by atoms with van der Waals surface area (Å²) < 4.78 is 0. The summed E-state index contributed by atoms with van der Waals surface area (Å²) in [7, 11) is 2.16. The lowest BCUT2D eigenvalue weighted by Crippen LogP contribution is -2.44. The molecule has 0 atom stereocenters. The first kappa shape index (κ1) is 21.8. The highest BCUT2D eigenvalue weighted by atomic mass is 16.1. The number of nitrogens with two attached hydrogens (primary N) is 1. The van der Waals surface area contributed by atoms with Crippen molar-refractivity contribution in [3.05, 3.63) is 89.0 Å². The molecular weight excluding hydrogens is 394 g/mol. The summed E-state index contributed by atoms with van der Waals surface area (Å²) in [5.74, 6) is -0.0794. The largest absolute Gasteiger partial charge is 0.398 e. The Bertz CT molecular complexity index is 1140. The number of carbonyl (C=O) groups is 1. The molecule has 1 aliphatic rings. The molecule has 164 valence electrons. The molecular formula is C28H31N3O. The maximum Gasteiger partial charge on any atom is 0.187 e. The Labute approximate surface area is 191 Å². The zero-order valence-corrected chi connectivity index (χ0v) is 19.1. The Morgan fingerprint density at radius 1 is 0.875 bits per heavy atom. The van der Waals surface area contributed by atoms with Crippen LogP contribution >= 0.6 is 0 Å². The van der Waals surface area contributed by atoms with E-state index in [-0.39, 0.29) is 5.78 Å². The standard InChI is InChI=1S/C28H31N3O/c1-20-16-21(2)18-24(17-20)22-8-10-27(31-14-12-30(3)13-15-31)23(19-22)9-11-28(32)25-6-4-5-7-26(25)29/h4-11,16-19H,12-15,29H2,1-3H3. The molecule has 0 spiro atoms. The van der Waals surface area contributed by atoms with Crippen molar-refractivity contribution in [3.63, 3.8) is 0 Å². The van der Waals surface area contributed by atoms with Crippen molar-refractivity contribution >= 4 is 23.2 Å². The zero-order chi connectivity index (χ0) is 22.7. The predicted molar refractivity (Wildman–Crippen MR) is 135 cm³/mol. The minimum atomic E-state index is -0.0794. The minimum absolute atomic E-state index is 0.0794. The van der Waals surface area contributed by atoms with Crippen LogP contribution in [0.5, 0.6) is 0 Å². The van der Waals surface area contributed by atoms with E-state index in [0.29, 0.717) is 11.3 Å². The van der Waals surface area contributed by atoms with Gasteiger partial charge in [0.15, 0.2) is 5.78 Å². The number of allylic oxidation sites excluding steroid dienone is 1. The van der Waals surface area contributed by atoms with Crippen molar-refractivity contribution < 1.29 is 4.79 Å². The highest BCUT2D eigenvalue weighted by molar-refractivity contribution is 6.10. The molecule has 1 heterocycles. The summed E-state index contributed by atoms with van der Waals surface area (Å²) in [6.07, 6.45) is 3.58. The molecule has 2 N–H and O–H groups in total. The maximum atomic E-state index is 12.8. The van der Waals surface area contributed by atoms with Crippen LogP contribution in [0.1, 0.15) is 27.0 Å². The Morgan fingerprint density at radius 3 is 2.25 bits per heavy atom. The highest BCUT2D eigenvalue weighted by Gasteiger charge is 2.17. The van der Waals surface area contributed by atoms with Crippen LogP contribution in [0.3, 0.4) is 0 Å². The monoisotopic (exact) mass is 425 g/mol. The van der Waals surface area contributed by atoms with Gasteiger partial charge in [0.05, 0.1) is 0 Å². The smallest absolute Gasteiger partial charge is 0.187 e. The molecule has 0 bridgehead atoms.